The lowest BCUT2D eigenvalue weighted by Gasteiger charge is -2.29. The van der Waals surface area contributed by atoms with Gasteiger partial charge in [-0.1, -0.05) is 10.6 Å². The molecule has 102 valence electrons. The van der Waals surface area contributed by atoms with Gasteiger partial charge in [0.1, 0.15) is 11.1 Å². The Kier molecular flexibility index (Phi) is 2.79. The first-order valence-corrected chi connectivity index (χ1v) is 6.62. The summed E-state index contributed by atoms with van der Waals surface area (Å²) in [5.74, 6) is -2.61. The van der Waals surface area contributed by atoms with Crippen molar-refractivity contribution in [2.24, 2.45) is 0 Å². The lowest BCUT2D eigenvalue weighted by molar-refractivity contribution is -0.222. The van der Waals surface area contributed by atoms with Crippen LogP contribution < -0.4 is 0 Å². The highest BCUT2D eigenvalue weighted by atomic mass is 32.1. The zero-order valence-corrected chi connectivity index (χ0v) is 11.6. The topological polar surface area (TPSA) is 78.4 Å². The minimum Gasteiger partial charge on any atom is -0.419 e. The van der Waals surface area contributed by atoms with Crippen LogP contribution in [-0.4, -0.2) is 27.3 Å². The summed E-state index contributed by atoms with van der Waals surface area (Å²) in [7, 11) is 0. The predicted molar refractivity (Wildman–Crippen MR) is 71.7 cm³/mol. The van der Waals surface area contributed by atoms with Crippen LogP contribution in [-0.2, 0) is 19.1 Å². The summed E-state index contributed by atoms with van der Waals surface area (Å²) < 4.78 is 14.8. The summed E-state index contributed by atoms with van der Waals surface area (Å²) in [6, 6.07) is 5.34. The van der Waals surface area contributed by atoms with Crippen LogP contribution in [0.2, 0.25) is 0 Å². The summed E-state index contributed by atoms with van der Waals surface area (Å²) in [6.45, 7) is 3.01. The van der Waals surface area contributed by atoms with E-state index in [1.54, 1.807) is 12.1 Å². The zero-order chi connectivity index (χ0) is 14.3. The number of ether oxygens (including phenoxy) is 2. The minimum atomic E-state index is -1.23. The molecule has 0 amide bonds. The first-order valence-electron chi connectivity index (χ1n) is 5.85. The van der Waals surface area contributed by atoms with Gasteiger partial charge in [0.05, 0.1) is 4.70 Å². The van der Waals surface area contributed by atoms with Crippen molar-refractivity contribution < 1.29 is 19.1 Å². The fourth-order valence-electron chi connectivity index (χ4n) is 1.83. The van der Waals surface area contributed by atoms with E-state index in [1.807, 2.05) is 6.07 Å². The molecule has 0 saturated carbocycles. The van der Waals surface area contributed by atoms with Crippen LogP contribution in [0.3, 0.4) is 0 Å². The first-order chi connectivity index (χ1) is 9.44. The van der Waals surface area contributed by atoms with Gasteiger partial charge < -0.3 is 9.47 Å². The molecule has 1 aliphatic heterocycles. The maximum atomic E-state index is 11.8. The number of aromatic nitrogens is 2. The molecule has 0 spiro atoms. The monoisotopic (exact) mass is 290 g/mol. The normalized spacial score (nSPS) is 17.8. The van der Waals surface area contributed by atoms with E-state index in [0.717, 1.165) is 4.70 Å². The fraction of sp³-hybridized carbons (Fsp3) is 0.231. The highest BCUT2D eigenvalue weighted by molar-refractivity contribution is 7.12. The van der Waals surface area contributed by atoms with E-state index in [1.165, 1.54) is 31.5 Å². The van der Waals surface area contributed by atoms with Crippen LogP contribution in [0.15, 0.2) is 23.8 Å². The highest BCUT2D eigenvalue weighted by Crippen LogP contribution is 2.25. The molecule has 3 rings (SSSR count). The summed E-state index contributed by atoms with van der Waals surface area (Å²) in [5.41, 5.74) is 1.24. The van der Waals surface area contributed by atoms with Crippen molar-refractivity contribution in [3.05, 3.63) is 29.3 Å². The molecule has 1 saturated heterocycles. The molecule has 1 aromatic carbocycles. The molecule has 1 aromatic heterocycles. The fourth-order valence-corrected chi connectivity index (χ4v) is 2.37. The van der Waals surface area contributed by atoms with Crippen molar-refractivity contribution >= 4 is 39.8 Å². The molecule has 0 bridgehead atoms. The predicted octanol–water partition coefficient (Wildman–Crippen LogP) is 1.91. The molecule has 2 heterocycles. The van der Waals surface area contributed by atoms with Gasteiger partial charge in [0.15, 0.2) is 0 Å². The Morgan fingerprint density at radius 1 is 1.20 bits per heavy atom. The van der Waals surface area contributed by atoms with Gasteiger partial charge in [-0.15, -0.1) is 5.10 Å². The molecule has 0 aliphatic carbocycles. The van der Waals surface area contributed by atoms with Gasteiger partial charge in [0, 0.05) is 13.8 Å². The van der Waals surface area contributed by atoms with Crippen molar-refractivity contribution in [3.8, 4) is 0 Å². The minimum absolute atomic E-state index is 0.133. The van der Waals surface area contributed by atoms with Gasteiger partial charge >= 0.3 is 11.9 Å². The third kappa shape index (κ3) is 2.27. The van der Waals surface area contributed by atoms with Gasteiger partial charge in [-0.3, -0.25) is 0 Å². The van der Waals surface area contributed by atoms with E-state index in [2.05, 4.69) is 9.59 Å². The number of benzene rings is 1. The summed E-state index contributed by atoms with van der Waals surface area (Å²) in [5, 5.41) is 3.94. The van der Waals surface area contributed by atoms with E-state index < -0.39 is 17.7 Å². The first kappa shape index (κ1) is 12.7. The molecule has 20 heavy (non-hydrogen) atoms. The lowest BCUT2D eigenvalue weighted by Crippen LogP contribution is -2.41. The number of carbonyl (C=O) groups is 2. The van der Waals surface area contributed by atoms with Crippen LogP contribution in [0.25, 0.3) is 16.3 Å². The number of hydrogen-bond donors (Lipinski definition) is 0. The van der Waals surface area contributed by atoms with E-state index in [-0.39, 0.29) is 5.57 Å². The van der Waals surface area contributed by atoms with Gasteiger partial charge in [-0.25, -0.2) is 9.59 Å². The van der Waals surface area contributed by atoms with Gasteiger partial charge in [-0.05, 0) is 35.3 Å². The number of nitrogens with zero attached hydrogens (tertiary/aromatic N) is 2. The van der Waals surface area contributed by atoms with E-state index in [0.29, 0.717) is 11.1 Å². The molecule has 0 unspecified atom stereocenters. The number of esters is 2. The van der Waals surface area contributed by atoms with Crippen LogP contribution in [0, 0.1) is 0 Å². The van der Waals surface area contributed by atoms with E-state index >= 15 is 0 Å². The number of fused-ring (bicyclic) bond motifs is 1. The summed E-state index contributed by atoms with van der Waals surface area (Å²) in [4.78, 5) is 23.6. The Morgan fingerprint density at radius 3 is 2.60 bits per heavy atom. The van der Waals surface area contributed by atoms with E-state index in [4.69, 9.17) is 9.47 Å². The quantitative estimate of drug-likeness (QED) is 0.453. The third-order valence-electron chi connectivity index (χ3n) is 2.70. The largest absolute Gasteiger partial charge is 0.419 e. The Bertz CT molecular complexity index is 726. The summed E-state index contributed by atoms with van der Waals surface area (Å²) >= 11 is 1.28. The van der Waals surface area contributed by atoms with Crippen LogP contribution in [0.5, 0.6) is 0 Å². The van der Waals surface area contributed by atoms with Crippen LogP contribution in [0.4, 0.5) is 0 Å². The molecule has 0 radical (unpaired) electrons. The highest BCUT2D eigenvalue weighted by Gasteiger charge is 2.38. The number of carbonyl (C=O) groups excluding carboxylic acids is 2. The SMILES string of the molecule is CC1(C)OC(=O)C(=Cc2ccc3snnc3c2)C(=O)O1. The maximum Gasteiger partial charge on any atom is 0.348 e. The molecule has 1 aliphatic rings. The average Bonchev–Trinajstić information content (AvgIpc) is 2.80. The lowest BCUT2D eigenvalue weighted by atomic mass is 10.1. The van der Waals surface area contributed by atoms with Crippen molar-refractivity contribution in [3.63, 3.8) is 0 Å². The second-order valence-corrected chi connectivity index (χ2v) is 5.52. The van der Waals surface area contributed by atoms with Crippen molar-refractivity contribution in [2.75, 3.05) is 0 Å². The third-order valence-corrected chi connectivity index (χ3v) is 3.40. The maximum absolute atomic E-state index is 11.8. The van der Waals surface area contributed by atoms with Gasteiger partial charge in [0.25, 0.3) is 5.79 Å². The Labute approximate surface area is 118 Å². The molecule has 7 heteroatoms. The number of hydrogen-bond acceptors (Lipinski definition) is 7. The number of rotatable bonds is 1. The molecular weight excluding hydrogens is 280 g/mol. The smallest absolute Gasteiger partial charge is 0.348 e. The van der Waals surface area contributed by atoms with Gasteiger partial charge in [-0.2, -0.15) is 0 Å². The second kappa shape index (κ2) is 4.38. The average molecular weight is 290 g/mol. The van der Waals surface area contributed by atoms with Crippen molar-refractivity contribution in [1.82, 2.24) is 9.59 Å². The zero-order valence-electron chi connectivity index (χ0n) is 10.7. The van der Waals surface area contributed by atoms with Crippen molar-refractivity contribution in [1.29, 1.82) is 0 Å². The molecule has 6 nitrogen and oxygen atoms in total. The molecule has 1 fully saturated rings. The second-order valence-electron chi connectivity index (χ2n) is 4.74. The molecule has 0 N–H and O–H groups in total. The van der Waals surface area contributed by atoms with Crippen molar-refractivity contribution in [2.45, 2.75) is 19.6 Å². The Balaban J connectivity index is 1.98. The molecule has 0 atom stereocenters. The van der Waals surface area contributed by atoms with E-state index in [9.17, 15) is 9.59 Å². The van der Waals surface area contributed by atoms with Crippen LogP contribution in [0.1, 0.15) is 19.4 Å². The Hall–Kier alpha value is -2.28. The summed E-state index contributed by atoms with van der Waals surface area (Å²) in [6.07, 6.45) is 1.43. The Morgan fingerprint density at radius 2 is 1.90 bits per heavy atom. The number of cyclic esters (lactones) is 2. The molecular formula is C13H10N2O4S. The molecule has 2 aromatic rings. The standard InChI is InChI=1S/C13H10N2O4S/c1-13(2)18-11(16)8(12(17)19-13)5-7-3-4-10-9(6-7)14-15-20-10/h3-6H,1-2H3. The van der Waals surface area contributed by atoms with Crippen LogP contribution >= 0.6 is 11.5 Å². The van der Waals surface area contributed by atoms with Gasteiger partial charge in [0.2, 0.25) is 0 Å².